The van der Waals surface area contributed by atoms with Crippen molar-refractivity contribution >= 4 is 22.6 Å². The van der Waals surface area contributed by atoms with E-state index in [2.05, 4.69) is 13.8 Å². The van der Waals surface area contributed by atoms with Crippen molar-refractivity contribution in [3.8, 4) is 0 Å². The third-order valence-electron chi connectivity index (χ3n) is 3.36. The van der Waals surface area contributed by atoms with E-state index in [-0.39, 0.29) is 5.92 Å². The number of aliphatic hydroxyl groups is 1. The van der Waals surface area contributed by atoms with E-state index in [1.807, 2.05) is 25.1 Å². The van der Waals surface area contributed by atoms with Gasteiger partial charge in [0.1, 0.15) is 11.9 Å². The van der Waals surface area contributed by atoms with Gasteiger partial charge in [0, 0.05) is 5.39 Å². The molecule has 0 bridgehead atoms. The zero-order valence-corrected chi connectivity index (χ0v) is 11.0. The highest BCUT2D eigenvalue weighted by Gasteiger charge is 2.23. The van der Waals surface area contributed by atoms with Crippen molar-refractivity contribution in [2.45, 2.75) is 26.9 Å². The summed E-state index contributed by atoms with van der Waals surface area (Å²) in [6.45, 7) is 6.19. The monoisotopic (exact) mass is 252 g/mol. The molecular formula is C14H17ClO2. The highest BCUT2D eigenvalue weighted by atomic mass is 35.5. The van der Waals surface area contributed by atoms with Gasteiger partial charge in [-0.25, -0.2) is 0 Å². The van der Waals surface area contributed by atoms with Crippen LogP contribution in [0.4, 0.5) is 0 Å². The van der Waals surface area contributed by atoms with E-state index < -0.39 is 6.10 Å². The third kappa shape index (κ3) is 2.33. The molecule has 0 spiro atoms. The maximum Gasteiger partial charge on any atom is 0.152 e. The Morgan fingerprint density at radius 3 is 2.53 bits per heavy atom. The van der Waals surface area contributed by atoms with Crippen molar-refractivity contribution in [2.75, 3.05) is 0 Å². The van der Waals surface area contributed by atoms with E-state index in [1.165, 1.54) is 0 Å². The van der Waals surface area contributed by atoms with E-state index in [0.717, 1.165) is 5.39 Å². The Kier molecular flexibility index (Phi) is 3.45. The van der Waals surface area contributed by atoms with Gasteiger partial charge in [0.15, 0.2) is 5.58 Å². The van der Waals surface area contributed by atoms with Gasteiger partial charge in [-0.15, -0.1) is 0 Å². The predicted molar refractivity (Wildman–Crippen MR) is 70.2 cm³/mol. The number of para-hydroxylation sites is 1. The van der Waals surface area contributed by atoms with Gasteiger partial charge in [-0.3, -0.25) is 0 Å². The average Bonchev–Trinajstić information content (AvgIpc) is 2.72. The van der Waals surface area contributed by atoms with Crippen LogP contribution in [0.25, 0.3) is 11.0 Å². The van der Waals surface area contributed by atoms with E-state index in [1.54, 1.807) is 6.07 Å². The van der Waals surface area contributed by atoms with Crippen molar-refractivity contribution in [3.05, 3.63) is 35.0 Å². The molecule has 0 saturated heterocycles. The molecule has 2 aromatic rings. The number of hydrogen-bond acceptors (Lipinski definition) is 2. The van der Waals surface area contributed by atoms with E-state index in [9.17, 15) is 5.11 Å². The molecule has 2 atom stereocenters. The zero-order valence-electron chi connectivity index (χ0n) is 10.3. The zero-order chi connectivity index (χ0) is 12.6. The van der Waals surface area contributed by atoms with Crippen molar-refractivity contribution in [1.29, 1.82) is 0 Å². The molecular weight excluding hydrogens is 236 g/mol. The molecule has 1 aromatic heterocycles. The van der Waals surface area contributed by atoms with Gasteiger partial charge in [-0.2, -0.15) is 0 Å². The van der Waals surface area contributed by atoms with Crippen molar-refractivity contribution in [1.82, 2.24) is 0 Å². The van der Waals surface area contributed by atoms with Crippen LogP contribution >= 0.6 is 11.6 Å². The maximum atomic E-state index is 10.2. The molecule has 0 aliphatic heterocycles. The lowest BCUT2D eigenvalue weighted by atomic mass is 9.91. The summed E-state index contributed by atoms with van der Waals surface area (Å²) in [6.07, 6.45) is -0.585. The lowest BCUT2D eigenvalue weighted by molar-refractivity contribution is 0.0731. The molecule has 0 amide bonds. The molecule has 3 heteroatoms. The van der Waals surface area contributed by atoms with Crippen LogP contribution in [-0.4, -0.2) is 5.11 Å². The summed E-state index contributed by atoms with van der Waals surface area (Å²) in [4.78, 5) is 0. The number of hydrogen-bond donors (Lipinski definition) is 1. The topological polar surface area (TPSA) is 33.4 Å². The summed E-state index contributed by atoms with van der Waals surface area (Å²) in [5.41, 5.74) is 0.652. The minimum absolute atomic E-state index is 0.148. The number of halogens is 1. The van der Waals surface area contributed by atoms with Crippen LogP contribution in [0.2, 0.25) is 5.02 Å². The van der Waals surface area contributed by atoms with E-state index >= 15 is 0 Å². The van der Waals surface area contributed by atoms with Crippen LogP contribution in [-0.2, 0) is 0 Å². The van der Waals surface area contributed by atoms with Crippen molar-refractivity contribution in [2.24, 2.45) is 11.8 Å². The van der Waals surface area contributed by atoms with Crippen LogP contribution in [0.15, 0.2) is 28.7 Å². The molecule has 0 aliphatic rings. The Bertz CT molecular complexity index is 516. The third-order valence-corrected chi connectivity index (χ3v) is 3.65. The Balaban J connectivity index is 2.40. The van der Waals surface area contributed by atoms with Gasteiger partial charge in [0.05, 0.1) is 5.02 Å². The smallest absolute Gasteiger partial charge is 0.152 e. The number of fused-ring (bicyclic) bond motifs is 1. The fourth-order valence-corrected chi connectivity index (χ4v) is 2.04. The highest BCUT2D eigenvalue weighted by molar-refractivity contribution is 6.34. The fraction of sp³-hybridized carbons (Fsp3) is 0.429. The minimum Gasteiger partial charge on any atom is -0.457 e. The Morgan fingerprint density at radius 2 is 1.94 bits per heavy atom. The number of aliphatic hydroxyl groups excluding tert-OH is 1. The van der Waals surface area contributed by atoms with Gasteiger partial charge >= 0.3 is 0 Å². The molecule has 1 N–H and O–H groups in total. The summed E-state index contributed by atoms with van der Waals surface area (Å²) in [5, 5.41) is 11.7. The largest absolute Gasteiger partial charge is 0.457 e. The Labute approximate surface area is 106 Å². The van der Waals surface area contributed by atoms with Gasteiger partial charge in [-0.1, -0.05) is 44.5 Å². The second-order valence-corrected chi connectivity index (χ2v) is 5.26. The van der Waals surface area contributed by atoms with Crippen LogP contribution < -0.4 is 0 Å². The van der Waals surface area contributed by atoms with Crippen molar-refractivity contribution in [3.63, 3.8) is 0 Å². The minimum atomic E-state index is -0.585. The van der Waals surface area contributed by atoms with Crippen LogP contribution in [0, 0.1) is 11.8 Å². The molecule has 0 fully saturated rings. The highest BCUT2D eigenvalue weighted by Crippen LogP contribution is 2.33. The maximum absolute atomic E-state index is 10.2. The molecule has 2 nitrogen and oxygen atoms in total. The van der Waals surface area contributed by atoms with E-state index in [4.69, 9.17) is 16.0 Å². The van der Waals surface area contributed by atoms with E-state index in [0.29, 0.717) is 22.3 Å². The number of rotatable bonds is 3. The molecule has 92 valence electrons. The fourth-order valence-electron chi connectivity index (χ4n) is 1.82. The first kappa shape index (κ1) is 12.5. The normalized spacial score (nSPS) is 15.4. The molecule has 2 rings (SSSR count). The molecule has 0 saturated carbocycles. The molecule has 2 unspecified atom stereocenters. The summed E-state index contributed by atoms with van der Waals surface area (Å²) < 4.78 is 5.65. The standard InChI is InChI=1S/C14H17ClO2/c1-8(2)9(3)13(16)12-7-10-5-4-6-11(15)14(10)17-12/h4-9,13,16H,1-3H3. The molecule has 1 aromatic carbocycles. The van der Waals surface area contributed by atoms with Gasteiger partial charge in [0.2, 0.25) is 0 Å². The quantitative estimate of drug-likeness (QED) is 0.878. The van der Waals surface area contributed by atoms with Crippen LogP contribution in [0.5, 0.6) is 0 Å². The first-order chi connectivity index (χ1) is 8.00. The predicted octanol–water partition coefficient (Wildman–Crippen LogP) is 4.41. The summed E-state index contributed by atoms with van der Waals surface area (Å²) in [6, 6.07) is 7.46. The Hall–Kier alpha value is -0.990. The second kappa shape index (κ2) is 4.71. The summed E-state index contributed by atoms with van der Waals surface area (Å²) in [5.74, 6) is 1.14. The first-order valence-electron chi connectivity index (χ1n) is 5.86. The average molecular weight is 253 g/mol. The lowest BCUT2D eigenvalue weighted by Crippen LogP contribution is -2.14. The van der Waals surface area contributed by atoms with Gasteiger partial charge < -0.3 is 9.52 Å². The van der Waals surface area contributed by atoms with Crippen LogP contribution in [0.3, 0.4) is 0 Å². The molecule has 0 radical (unpaired) electrons. The number of benzene rings is 1. The van der Waals surface area contributed by atoms with Crippen LogP contribution in [0.1, 0.15) is 32.6 Å². The number of furan rings is 1. The summed E-state index contributed by atoms with van der Waals surface area (Å²) >= 11 is 6.04. The molecule has 0 aliphatic carbocycles. The van der Waals surface area contributed by atoms with Gasteiger partial charge in [-0.05, 0) is 24.0 Å². The van der Waals surface area contributed by atoms with Gasteiger partial charge in [0.25, 0.3) is 0 Å². The SMILES string of the molecule is CC(C)C(C)C(O)c1cc2cccc(Cl)c2o1. The Morgan fingerprint density at radius 1 is 1.24 bits per heavy atom. The summed E-state index contributed by atoms with van der Waals surface area (Å²) in [7, 11) is 0. The molecule has 1 heterocycles. The first-order valence-corrected chi connectivity index (χ1v) is 6.24. The second-order valence-electron chi connectivity index (χ2n) is 4.85. The van der Waals surface area contributed by atoms with Crippen molar-refractivity contribution < 1.29 is 9.52 Å². The molecule has 17 heavy (non-hydrogen) atoms. The lowest BCUT2D eigenvalue weighted by Gasteiger charge is -2.20.